The van der Waals surface area contributed by atoms with Crippen LogP contribution in [-0.2, 0) is 4.74 Å². The number of aliphatic hydroxyl groups is 1. The van der Waals surface area contributed by atoms with Crippen molar-refractivity contribution < 1.29 is 14.6 Å². The quantitative estimate of drug-likeness (QED) is 0.557. The van der Waals surface area contributed by atoms with Crippen molar-refractivity contribution in [3.8, 4) is 0 Å². The average Bonchev–Trinajstić information content (AvgIpc) is 2.11. The summed E-state index contributed by atoms with van der Waals surface area (Å²) in [5, 5.41) is 14.6. The molecule has 78 valence electrons. The zero-order valence-corrected chi connectivity index (χ0v) is 8.39. The van der Waals surface area contributed by atoms with Gasteiger partial charge in [-0.15, -0.1) is 0 Å². The maximum atomic E-state index is 10.8. The zero-order chi connectivity index (χ0) is 10.3. The van der Waals surface area contributed by atoms with Gasteiger partial charge in [-0.25, -0.2) is 4.79 Å². The monoisotopic (exact) mass is 190 g/mol. The van der Waals surface area contributed by atoms with Crippen molar-refractivity contribution in [3.05, 3.63) is 0 Å². The second-order valence-corrected chi connectivity index (χ2v) is 3.17. The van der Waals surface area contributed by atoms with Crippen LogP contribution in [0.2, 0.25) is 0 Å². The zero-order valence-electron chi connectivity index (χ0n) is 8.39. The van der Waals surface area contributed by atoms with Gasteiger partial charge in [0, 0.05) is 33.7 Å². The molecule has 0 saturated carbocycles. The summed E-state index contributed by atoms with van der Waals surface area (Å²) in [4.78, 5) is 10.8. The maximum absolute atomic E-state index is 10.8. The third-order valence-corrected chi connectivity index (χ3v) is 1.70. The van der Waals surface area contributed by atoms with Crippen LogP contribution in [-0.4, -0.2) is 44.0 Å². The molecular formula is C8H18N2O3. The van der Waals surface area contributed by atoms with Gasteiger partial charge >= 0.3 is 6.03 Å². The Kier molecular flexibility index (Phi) is 5.41. The fourth-order valence-electron chi connectivity index (χ4n) is 0.769. The maximum Gasteiger partial charge on any atom is 0.314 e. The molecule has 0 heterocycles. The minimum atomic E-state index is -0.914. The van der Waals surface area contributed by atoms with Crippen LogP contribution in [0, 0.1) is 0 Å². The number of nitrogens with one attached hydrogen (secondary N) is 2. The van der Waals surface area contributed by atoms with Gasteiger partial charge in [0.15, 0.2) is 0 Å². The van der Waals surface area contributed by atoms with Crippen LogP contribution in [0.4, 0.5) is 4.79 Å². The first-order valence-corrected chi connectivity index (χ1v) is 4.19. The molecule has 0 aromatic carbocycles. The molecule has 0 bridgehead atoms. The van der Waals surface area contributed by atoms with Crippen LogP contribution < -0.4 is 10.6 Å². The van der Waals surface area contributed by atoms with E-state index in [0.29, 0.717) is 13.0 Å². The lowest BCUT2D eigenvalue weighted by Gasteiger charge is -2.22. The van der Waals surface area contributed by atoms with Gasteiger partial charge in [-0.3, -0.25) is 0 Å². The molecule has 0 spiro atoms. The Morgan fingerprint density at radius 1 is 1.62 bits per heavy atom. The Hall–Kier alpha value is -0.810. The number of rotatable bonds is 5. The topological polar surface area (TPSA) is 70.6 Å². The predicted octanol–water partition coefficient (Wildman–Crippen LogP) is -0.297. The lowest BCUT2D eigenvalue weighted by atomic mass is 10.0. The molecular weight excluding hydrogens is 172 g/mol. The van der Waals surface area contributed by atoms with Gasteiger partial charge in [-0.1, -0.05) is 0 Å². The summed E-state index contributed by atoms with van der Waals surface area (Å²) in [7, 11) is 3.10. The molecule has 0 radical (unpaired) electrons. The summed E-state index contributed by atoms with van der Waals surface area (Å²) in [6, 6.07) is -0.294. The highest BCUT2D eigenvalue weighted by Gasteiger charge is 2.20. The Morgan fingerprint density at radius 3 is 2.69 bits per heavy atom. The minimum absolute atomic E-state index is 0.218. The van der Waals surface area contributed by atoms with E-state index in [1.807, 2.05) is 0 Å². The SMILES string of the molecule is CNC(=O)NCC(C)(O)CCOC. The number of carbonyl (C=O) groups excluding carboxylic acids is 1. The summed E-state index contributed by atoms with van der Waals surface area (Å²) in [5.74, 6) is 0. The summed E-state index contributed by atoms with van der Waals surface area (Å²) < 4.78 is 4.82. The van der Waals surface area contributed by atoms with E-state index in [0.717, 1.165) is 0 Å². The van der Waals surface area contributed by atoms with Crippen molar-refractivity contribution in [3.63, 3.8) is 0 Å². The van der Waals surface area contributed by atoms with E-state index in [-0.39, 0.29) is 12.6 Å². The molecule has 1 unspecified atom stereocenters. The highest BCUT2D eigenvalue weighted by molar-refractivity contribution is 5.73. The second-order valence-electron chi connectivity index (χ2n) is 3.17. The molecule has 3 N–H and O–H groups in total. The summed E-state index contributed by atoms with van der Waals surface area (Å²) in [5.41, 5.74) is -0.914. The molecule has 5 nitrogen and oxygen atoms in total. The van der Waals surface area contributed by atoms with E-state index in [2.05, 4.69) is 10.6 Å². The van der Waals surface area contributed by atoms with Gasteiger partial charge in [0.1, 0.15) is 0 Å². The molecule has 0 saturated heterocycles. The van der Waals surface area contributed by atoms with Gasteiger partial charge in [0.05, 0.1) is 5.60 Å². The highest BCUT2D eigenvalue weighted by Crippen LogP contribution is 2.06. The number of hydrogen-bond donors (Lipinski definition) is 3. The van der Waals surface area contributed by atoms with Crippen molar-refractivity contribution in [1.29, 1.82) is 0 Å². The van der Waals surface area contributed by atoms with Crippen LogP contribution in [0.1, 0.15) is 13.3 Å². The van der Waals surface area contributed by atoms with Crippen LogP contribution in [0.25, 0.3) is 0 Å². The molecule has 0 aliphatic heterocycles. The van der Waals surface area contributed by atoms with Crippen LogP contribution in [0.3, 0.4) is 0 Å². The van der Waals surface area contributed by atoms with Gasteiger partial charge in [-0.2, -0.15) is 0 Å². The van der Waals surface area contributed by atoms with Crippen molar-refractivity contribution in [2.75, 3.05) is 27.3 Å². The van der Waals surface area contributed by atoms with E-state index in [9.17, 15) is 9.90 Å². The standard InChI is InChI=1S/C8H18N2O3/c1-8(12,4-5-13-3)6-10-7(11)9-2/h12H,4-6H2,1-3H3,(H2,9,10,11). The molecule has 1 atom stereocenters. The molecule has 5 heteroatoms. The number of carbonyl (C=O) groups is 1. The third-order valence-electron chi connectivity index (χ3n) is 1.70. The van der Waals surface area contributed by atoms with E-state index in [4.69, 9.17) is 4.74 Å². The molecule has 0 aliphatic carbocycles. The average molecular weight is 190 g/mol. The number of hydrogen-bond acceptors (Lipinski definition) is 3. The Morgan fingerprint density at radius 2 is 2.23 bits per heavy atom. The first-order chi connectivity index (χ1) is 6.02. The van der Waals surface area contributed by atoms with Crippen LogP contribution in [0.15, 0.2) is 0 Å². The lowest BCUT2D eigenvalue weighted by Crippen LogP contribution is -2.44. The Balaban J connectivity index is 3.67. The summed E-state index contributed by atoms with van der Waals surface area (Å²) >= 11 is 0. The van der Waals surface area contributed by atoms with Crippen LogP contribution >= 0.6 is 0 Å². The molecule has 0 fully saturated rings. The van der Waals surface area contributed by atoms with E-state index < -0.39 is 5.60 Å². The smallest absolute Gasteiger partial charge is 0.314 e. The molecule has 2 amide bonds. The molecule has 0 aliphatic rings. The van der Waals surface area contributed by atoms with Crippen LogP contribution in [0.5, 0.6) is 0 Å². The molecule has 0 aromatic rings. The van der Waals surface area contributed by atoms with Gasteiger partial charge in [0.2, 0.25) is 0 Å². The van der Waals surface area contributed by atoms with E-state index in [1.54, 1.807) is 14.0 Å². The summed E-state index contributed by atoms with van der Waals surface area (Å²) in [6.07, 6.45) is 0.494. The number of urea groups is 1. The van der Waals surface area contributed by atoms with Gasteiger partial charge in [-0.05, 0) is 6.92 Å². The summed E-state index contributed by atoms with van der Waals surface area (Å²) in [6.45, 7) is 2.35. The molecule has 0 aromatic heterocycles. The fourth-order valence-corrected chi connectivity index (χ4v) is 0.769. The van der Waals surface area contributed by atoms with Crippen molar-refractivity contribution >= 4 is 6.03 Å². The van der Waals surface area contributed by atoms with Crippen molar-refractivity contribution in [1.82, 2.24) is 10.6 Å². The highest BCUT2D eigenvalue weighted by atomic mass is 16.5. The number of methoxy groups -OCH3 is 1. The largest absolute Gasteiger partial charge is 0.388 e. The number of amides is 2. The molecule has 0 rings (SSSR count). The number of ether oxygens (including phenoxy) is 1. The van der Waals surface area contributed by atoms with E-state index in [1.165, 1.54) is 7.05 Å². The Bertz CT molecular complexity index is 159. The lowest BCUT2D eigenvalue weighted by molar-refractivity contribution is 0.0270. The van der Waals surface area contributed by atoms with Crippen molar-refractivity contribution in [2.24, 2.45) is 0 Å². The first-order valence-electron chi connectivity index (χ1n) is 4.19. The third kappa shape index (κ3) is 6.36. The first kappa shape index (κ1) is 12.2. The van der Waals surface area contributed by atoms with Crippen molar-refractivity contribution in [2.45, 2.75) is 18.9 Å². The Labute approximate surface area is 78.5 Å². The van der Waals surface area contributed by atoms with Gasteiger partial charge in [0.25, 0.3) is 0 Å². The van der Waals surface area contributed by atoms with Gasteiger partial charge < -0.3 is 20.5 Å². The normalized spacial score (nSPS) is 14.8. The minimum Gasteiger partial charge on any atom is -0.388 e. The second kappa shape index (κ2) is 5.77. The molecule has 13 heavy (non-hydrogen) atoms. The fraction of sp³-hybridized carbons (Fsp3) is 0.875. The van der Waals surface area contributed by atoms with E-state index >= 15 is 0 Å². The predicted molar refractivity (Wildman–Crippen MR) is 49.6 cm³/mol.